The van der Waals surface area contributed by atoms with Crippen molar-refractivity contribution >= 4 is 23.2 Å². The number of rotatable bonds is 9. The summed E-state index contributed by atoms with van der Waals surface area (Å²) in [6.07, 6.45) is 3.03. The van der Waals surface area contributed by atoms with E-state index in [0.717, 1.165) is 28.9 Å². The van der Waals surface area contributed by atoms with Crippen molar-refractivity contribution in [3.63, 3.8) is 0 Å². The van der Waals surface area contributed by atoms with Crippen molar-refractivity contribution in [3.05, 3.63) is 53.6 Å². The van der Waals surface area contributed by atoms with Gasteiger partial charge in [-0.2, -0.15) is 5.10 Å². The summed E-state index contributed by atoms with van der Waals surface area (Å²) in [5.74, 6) is 1.33. The van der Waals surface area contributed by atoms with E-state index < -0.39 is 0 Å². The van der Waals surface area contributed by atoms with Crippen molar-refractivity contribution in [2.24, 2.45) is 5.10 Å². The van der Waals surface area contributed by atoms with Gasteiger partial charge < -0.3 is 14.8 Å². The van der Waals surface area contributed by atoms with Crippen molar-refractivity contribution in [1.82, 2.24) is 5.01 Å². The van der Waals surface area contributed by atoms with Crippen LogP contribution in [-0.2, 0) is 16.0 Å². The molecule has 0 aliphatic carbocycles. The normalized spacial score (nSPS) is 13.6. The predicted octanol–water partition coefficient (Wildman–Crippen LogP) is 4.01. The molecule has 1 aliphatic rings. The molecule has 0 bridgehead atoms. The second kappa shape index (κ2) is 10.6. The highest BCUT2D eigenvalue weighted by atomic mass is 16.5. The van der Waals surface area contributed by atoms with Gasteiger partial charge in [-0.15, -0.1) is 0 Å². The van der Waals surface area contributed by atoms with Crippen molar-refractivity contribution < 1.29 is 19.1 Å². The Labute approximate surface area is 183 Å². The van der Waals surface area contributed by atoms with Crippen LogP contribution in [0.1, 0.15) is 43.7 Å². The number of hydrazone groups is 1. The lowest BCUT2D eigenvalue weighted by Crippen LogP contribution is -2.33. The Morgan fingerprint density at radius 1 is 1.06 bits per heavy atom. The first kappa shape index (κ1) is 22.3. The van der Waals surface area contributed by atoms with E-state index in [4.69, 9.17) is 9.47 Å². The Hall–Kier alpha value is -3.35. The third kappa shape index (κ3) is 5.84. The van der Waals surface area contributed by atoms with Gasteiger partial charge in [0.15, 0.2) is 11.5 Å². The Balaban J connectivity index is 1.65. The summed E-state index contributed by atoms with van der Waals surface area (Å²) in [6.45, 7) is 2.47. The molecule has 0 aromatic heterocycles. The van der Waals surface area contributed by atoms with E-state index in [1.54, 1.807) is 19.2 Å². The van der Waals surface area contributed by atoms with E-state index in [-0.39, 0.29) is 11.8 Å². The number of hydrogen-bond acceptors (Lipinski definition) is 5. The van der Waals surface area contributed by atoms with Crippen molar-refractivity contribution in [2.75, 3.05) is 26.1 Å². The maximum absolute atomic E-state index is 12.4. The Bertz CT molecular complexity index is 954. The van der Waals surface area contributed by atoms with Crippen LogP contribution in [0, 0.1) is 0 Å². The van der Waals surface area contributed by atoms with E-state index in [1.807, 2.05) is 49.4 Å². The SMILES string of the molecule is CCCC(=O)Nc1ccc(CCN2N=C(c3ccc(OC)c(OC)c3)CCC2=O)cc1. The Morgan fingerprint density at radius 2 is 1.81 bits per heavy atom. The lowest BCUT2D eigenvalue weighted by atomic mass is 10.0. The summed E-state index contributed by atoms with van der Waals surface area (Å²) < 4.78 is 10.7. The molecule has 1 heterocycles. The second-order valence-electron chi connectivity index (χ2n) is 7.38. The summed E-state index contributed by atoms with van der Waals surface area (Å²) in [5, 5.41) is 9.03. The second-order valence-corrected chi connectivity index (χ2v) is 7.38. The van der Waals surface area contributed by atoms with E-state index in [9.17, 15) is 9.59 Å². The summed E-state index contributed by atoms with van der Waals surface area (Å²) >= 11 is 0. The van der Waals surface area contributed by atoms with Crippen LogP contribution < -0.4 is 14.8 Å². The number of amides is 2. The highest BCUT2D eigenvalue weighted by Crippen LogP contribution is 2.29. The fraction of sp³-hybridized carbons (Fsp3) is 0.375. The fourth-order valence-electron chi connectivity index (χ4n) is 3.44. The van der Waals surface area contributed by atoms with Crippen molar-refractivity contribution in [2.45, 2.75) is 39.0 Å². The molecule has 164 valence electrons. The summed E-state index contributed by atoms with van der Waals surface area (Å²) in [7, 11) is 3.20. The molecule has 7 nitrogen and oxygen atoms in total. The molecule has 7 heteroatoms. The molecular formula is C24H29N3O4. The molecule has 2 aromatic rings. The van der Waals surface area contributed by atoms with Gasteiger partial charge in [0.1, 0.15) is 0 Å². The van der Waals surface area contributed by atoms with Gasteiger partial charge in [-0.25, -0.2) is 5.01 Å². The smallest absolute Gasteiger partial charge is 0.243 e. The molecule has 0 radical (unpaired) electrons. The van der Waals surface area contributed by atoms with Crippen LogP contribution in [0.15, 0.2) is 47.6 Å². The average Bonchev–Trinajstić information content (AvgIpc) is 2.79. The molecule has 31 heavy (non-hydrogen) atoms. The number of ether oxygens (including phenoxy) is 2. The van der Waals surface area contributed by atoms with Gasteiger partial charge in [0.25, 0.3) is 0 Å². The first-order valence-corrected chi connectivity index (χ1v) is 10.5. The third-order valence-electron chi connectivity index (χ3n) is 5.15. The fourth-order valence-corrected chi connectivity index (χ4v) is 3.44. The van der Waals surface area contributed by atoms with Crippen molar-refractivity contribution in [3.8, 4) is 11.5 Å². The van der Waals surface area contributed by atoms with E-state index in [1.165, 1.54) is 0 Å². The number of nitrogens with one attached hydrogen (secondary N) is 1. The summed E-state index contributed by atoms with van der Waals surface area (Å²) in [5.41, 5.74) is 3.64. The lowest BCUT2D eigenvalue weighted by Gasteiger charge is -2.24. The zero-order valence-electron chi connectivity index (χ0n) is 18.3. The van der Waals surface area contributed by atoms with Crippen LogP contribution in [0.4, 0.5) is 5.69 Å². The van der Waals surface area contributed by atoms with Gasteiger partial charge in [-0.3, -0.25) is 9.59 Å². The lowest BCUT2D eigenvalue weighted by molar-refractivity contribution is -0.131. The van der Waals surface area contributed by atoms with Gasteiger partial charge in [0, 0.05) is 37.1 Å². The van der Waals surface area contributed by atoms with E-state index in [2.05, 4.69) is 10.4 Å². The van der Waals surface area contributed by atoms with Gasteiger partial charge in [-0.05, 0) is 48.7 Å². The largest absolute Gasteiger partial charge is 0.493 e. The highest BCUT2D eigenvalue weighted by Gasteiger charge is 2.22. The summed E-state index contributed by atoms with van der Waals surface area (Å²) in [6, 6.07) is 13.4. The molecule has 1 N–H and O–H groups in total. The predicted molar refractivity (Wildman–Crippen MR) is 121 cm³/mol. The first-order valence-electron chi connectivity index (χ1n) is 10.5. The van der Waals surface area contributed by atoms with Crippen LogP contribution in [0.5, 0.6) is 11.5 Å². The van der Waals surface area contributed by atoms with Crippen molar-refractivity contribution in [1.29, 1.82) is 0 Å². The number of nitrogens with zero attached hydrogens (tertiary/aromatic N) is 2. The number of carbonyl (C=O) groups excluding carboxylic acids is 2. The van der Waals surface area contributed by atoms with E-state index >= 15 is 0 Å². The minimum absolute atomic E-state index is 0.0196. The average molecular weight is 424 g/mol. The van der Waals surface area contributed by atoms with Crippen LogP contribution in [-0.4, -0.2) is 43.3 Å². The number of anilines is 1. The molecule has 2 aromatic carbocycles. The number of hydrogen-bond donors (Lipinski definition) is 1. The molecule has 3 rings (SSSR count). The molecule has 2 amide bonds. The highest BCUT2D eigenvalue weighted by molar-refractivity contribution is 6.04. The van der Waals surface area contributed by atoms with Gasteiger partial charge in [0.05, 0.1) is 19.9 Å². The molecule has 0 saturated carbocycles. The van der Waals surface area contributed by atoms with Crippen LogP contribution in [0.25, 0.3) is 0 Å². The number of benzene rings is 2. The van der Waals surface area contributed by atoms with Gasteiger partial charge in [-0.1, -0.05) is 19.1 Å². The van der Waals surface area contributed by atoms with E-state index in [0.29, 0.717) is 43.7 Å². The molecule has 0 spiro atoms. The monoisotopic (exact) mass is 423 g/mol. The molecule has 0 saturated heterocycles. The zero-order valence-corrected chi connectivity index (χ0v) is 18.3. The van der Waals surface area contributed by atoms with Crippen LogP contribution >= 0.6 is 0 Å². The zero-order chi connectivity index (χ0) is 22.2. The Morgan fingerprint density at radius 3 is 2.48 bits per heavy atom. The van der Waals surface area contributed by atoms with Crippen LogP contribution in [0.2, 0.25) is 0 Å². The minimum atomic E-state index is 0.0196. The Kier molecular flexibility index (Phi) is 7.65. The van der Waals surface area contributed by atoms with Crippen LogP contribution in [0.3, 0.4) is 0 Å². The molecule has 1 aliphatic heterocycles. The maximum atomic E-state index is 12.4. The minimum Gasteiger partial charge on any atom is -0.493 e. The molecule has 0 atom stereocenters. The molecule has 0 unspecified atom stereocenters. The quantitative estimate of drug-likeness (QED) is 0.661. The van der Waals surface area contributed by atoms with Gasteiger partial charge in [0.2, 0.25) is 11.8 Å². The topological polar surface area (TPSA) is 80.2 Å². The first-order chi connectivity index (χ1) is 15.0. The maximum Gasteiger partial charge on any atom is 0.243 e. The standard InChI is InChI=1S/C24H29N3O4/c1-4-5-23(28)25-19-9-6-17(7-10-19)14-15-27-24(29)13-11-20(26-27)18-8-12-21(30-2)22(16-18)31-3/h6-10,12,16H,4-5,11,13-15H2,1-3H3,(H,25,28). The number of methoxy groups -OCH3 is 2. The third-order valence-corrected chi connectivity index (χ3v) is 5.15. The molecular weight excluding hydrogens is 394 g/mol. The summed E-state index contributed by atoms with van der Waals surface area (Å²) in [4.78, 5) is 24.1. The molecule has 0 fully saturated rings. The number of carbonyl (C=O) groups is 2. The van der Waals surface area contributed by atoms with Gasteiger partial charge >= 0.3 is 0 Å².